The summed E-state index contributed by atoms with van der Waals surface area (Å²) in [7, 11) is 4.76. The zero-order valence-corrected chi connectivity index (χ0v) is 19.2. The molecular weight excluding hydrogens is 424 g/mol. The van der Waals surface area contributed by atoms with Crippen molar-refractivity contribution in [3.63, 3.8) is 0 Å². The summed E-state index contributed by atoms with van der Waals surface area (Å²) >= 11 is 0. The smallest absolute Gasteiger partial charge is 0.338 e. The molecule has 0 radical (unpaired) electrons. The number of para-hydroxylation sites is 1. The lowest BCUT2D eigenvalue weighted by molar-refractivity contribution is -0.139. The number of nitrogens with zero attached hydrogens (tertiary/aromatic N) is 3. The average molecular weight is 450 g/mol. The highest BCUT2D eigenvalue weighted by Crippen LogP contribution is 2.42. The number of hydrogen-bond donors (Lipinski definition) is 1. The number of ether oxygens (including phenoxy) is 4. The fourth-order valence-electron chi connectivity index (χ4n) is 3.91. The lowest BCUT2D eigenvalue weighted by Crippen LogP contribution is -2.30. The van der Waals surface area contributed by atoms with Crippen molar-refractivity contribution in [2.45, 2.75) is 19.9 Å². The SMILES string of the molecule is CCOC(=O)C1=C(C)Nc2nc(-c3ccccc3OC)nn2C1c1cc(OC)ccc1OC. The highest BCUT2D eigenvalue weighted by molar-refractivity contribution is 5.92. The summed E-state index contributed by atoms with van der Waals surface area (Å²) in [6.45, 7) is 3.83. The van der Waals surface area contributed by atoms with E-state index >= 15 is 0 Å². The van der Waals surface area contributed by atoms with E-state index in [1.54, 1.807) is 45.1 Å². The van der Waals surface area contributed by atoms with Gasteiger partial charge < -0.3 is 24.3 Å². The number of rotatable bonds is 7. The van der Waals surface area contributed by atoms with Crippen LogP contribution in [-0.2, 0) is 9.53 Å². The van der Waals surface area contributed by atoms with E-state index in [4.69, 9.17) is 29.0 Å². The molecule has 172 valence electrons. The van der Waals surface area contributed by atoms with Gasteiger partial charge in [-0.1, -0.05) is 12.1 Å². The molecule has 1 aliphatic heterocycles. The van der Waals surface area contributed by atoms with E-state index in [1.807, 2.05) is 37.3 Å². The molecule has 0 aliphatic carbocycles. The van der Waals surface area contributed by atoms with Crippen molar-refractivity contribution in [1.29, 1.82) is 0 Å². The Kier molecular flexibility index (Phi) is 6.21. The van der Waals surface area contributed by atoms with Crippen molar-refractivity contribution < 1.29 is 23.7 Å². The number of aromatic nitrogens is 3. The average Bonchev–Trinajstić information content (AvgIpc) is 3.26. The van der Waals surface area contributed by atoms with Crippen molar-refractivity contribution in [1.82, 2.24) is 14.8 Å². The van der Waals surface area contributed by atoms with Crippen LogP contribution in [-0.4, -0.2) is 48.7 Å². The number of carbonyl (C=O) groups excluding carboxylic acids is 1. The Morgan fingerprint density at radius 2 is 1.82 bits per heavy atom. The largest absolute Gasteiger partial charge is 0.497 e. The van der Waals surface area contributed by atoms with Crippen LogP contribution < -0.4 is 19.5 Å². The molecule has 9 heteroatoms. The second kappa shape index (κ2) is 9.23. The van der Waals surface area contributed by atoms with Gasteiger partial charge in [-0.25, -0.2) is 9.48 Å². The monoisotopic (exact) mass is 450 g/mol. The predicted molar refractivity (Wildman–Crippen MR) is 123 cm³/mol. The van der Waals surface area contributed by atoms with E-state index in [0.29, 0.717) is 45.9 Å². The van der Waals surface area contributed by atoms with Crippen LogP contribution in [0.25, 0.3) is 11.4 Å². The molecule has 1 unspecified atom stereocenters. The quantitative estimate of drug-likeness (QED) is 0.543. The molecule has 2 heterocycles. The molecule has 9 nitrogen and oxygen atoms in total. The van der Waals surface area contributed by atoms with Gasteiger partial charge in [0.05, 0.1) is 39.1 Å². The third kappa shape index (κ3) is 3.97. The van der Waals surface area contributed by atoms with Crippen LogP contribution in [0.2, 0.25) is 0 Å². The third-order valence-electron chi connectivity index (χ3n) is 5.43. The van der Waals surface area contributed by atoms with Gasteiger partial charge in [0.25, 0.3) is 0 Å². The topological polar surface area (TPSA) is 96.7 Å². The lowest BCUT2D eigenvalue weighted by atomic mass is 9.94. The molecule has 4 rings (SSSR count). The normalized spacial score (nSPS) is 14.9. The van der Waals surface area contributed by atoms with E-state index in [-0.39, 0.29) is 6.61 Å². The first kappa shape index (κ1) is 22.2. The number of carbonyl (C=O) groups is 1. The van der Waals surface area contributed by atoms with E-state index in [1.165, 1.54) is 0 Å². The Bertz CT molecular complexity index is 1220. The van der Waals surface area contributed by atoms with E-state index in [9.17, 15) is 4.79 Å². The summed E-state index contributed by atoms with van der Waals surface area (Å²) in [5.41, 5.74) is 2.45. The molecule has 0 spiro atoms. The summed E-state index contributed by atoms with van der Waals surface area (Å²) in [4.78, 5) is 17.8. The van der Waals surface area contributed by atoms with Gasteiger partial charge in [0.15, 0.2) is 5.82 Å². The number of anilines is 1. The number of allylic oxidation sites excluding steroid dienone is 1. The Morgan fingerprint density at radius 3 is 2.52 bits per heavy atom. The maximum atomic E-state index is 13.1. The summed E-state index contributed by atoms with van der Waals surface area (Å²) in [5.74, 6) is 2.34. The molecule has 33 heavy (non-hydrogen) atoms. The minimum atomic E-state index is -0.652. The minimum absolute atomic E-state index is 0.244. The maximum absolute atomic E-state index is 13.1. The second-order valence-electron chi connectivity index (χ2n) is 7.30. The van der Waals surface area contributed by atoms with Crippen molar-refractivity contribution in [2.75, 3.05) is 33.3 Å². The molecule has 0 saturated carbocycles. The van der Waals surface area contributed by atoms with E-state index < -0.39 is 12.0 Å². The molecule has 0 fully saturated rings. The number of hydrogen-bond acceptors (Lipinski definition) is 8. The van der Waals surface area contributed by atoms with Gasteiger partial charge in [-0.2, -0.15) is 4.98 Å². The van der Waals surface area contributed by atoms with E-state index in [2.05, 4.69) is 5.32 Å². The van der Waals surface area contributed by atoms with Crippen LogP contribution in [0.3, 0.4) is 0 Å². The lowest BCUT2D eigenvalue weighted by Gasteiger charge is -2.29. The fraction of sp³-hybridized carbons (Fsp3) is 0.292. The zero-order chi connectivity index (χ0) is 23.5. The number of benzene rings is 2. The van der Waals surface area contributed by atoms with Gasteiger partial charge in [-0.15, -0.1) is 5.10 Å². The van der Waals surface area contributed by atoms with Crippen molar-refractivity contribution in [3.05, 3.63) is 59.3 Å². The van der Waals surface area contributed by atoms with Gasteiger partial charge in [-0.05, 0) is 44.2 Å². The Balaban J connectivity index is 1.94. The molecule has 0 bridgehead atoms. The first-order chi connectivity index (χ1) is 16.0. The molecule has 0 saturated heterocycles. The predicted octanol–water partition coefficient (Wildman–Crippen LogP) is 3.82. The van der Waals surface area contributed by atoms with Gasteiger partial charge in [0.1, 0.15) is 23.3 Å². The van der Waals surface area contributed by atoms with Crippen LogP contribution in [0.15, 0.2) is 53.7 Å². The zero-order valence-electron chi connectivity index (χ0n) is 19.2. The molecule has 1 aliphatic rings. The highest BCUT2D eigenvalue weighted by atomic mass is 16.5. The molecule has 2 aromatic carbocycles. The third-order valence-corrected chi connectivity index (χ3v) is 5.43. The van der Waals surface area contributed by atoms with Gasteiger partial charge in [-0.3, -0.25) is 0 Å². The standard InChI is InChI=1S/C24H26N4O5/c1-6-33-23(29)20-14(2)25-24-26-22(16-9-7-8-10-18(16)31-4)27-28(24)21(20)17-13-15(30-3)11-12-19(17)32-5/h7-13,21H,6H2,1-5H3,(H,25,26,27). The van der Waals surface area contributed by atoms with E-state index in [0.717, 1.165) is 5.56 Å². The number of fused-ring (bicyclic) bond motifs is 1. The van der Waals surface area contributed by atoms with Gasteiger partial charge in [0.2, 0.25) is 5.95 Å². The van der Waals surface area contributed by atoms with Crippen molar-refractivity contribution in [2.24, 2.45) is 0 Å². The Morgan fingerprint density at radius 1 is 1.06 bits per heavy atom. The molecule has 3 aromatic rings. The Hall–Kier alpha value is -4.01. The van der Waals surface area contributed by atoms with Crippen LogP contribution >= 0.6 is 0 Å². The number of esters is 1. The fourth-order valence-corrected chi connectivity index (χ4v) is 3.91. The number of nitrogens with one attached hydrogen (secondary N) is 1. The first-order valence-electron chi connectivity index (χ1n) is 10.5. The van der Waals surface area contributed by atoms with Crippen LogP contribution in [0.1, 0.15) is 25.5 Å². The maximum Gasteiger partial charge on any atom is 0.338 e. The summed E-state index contributed by atoms with van der Waals surface area (Å²) in [6.07, 6.45) is 0. The van der Waals surface area contributed by atoms with Crippen LogP contribution in [0.5, 0.6) is 17.2 Å². The van der Waals surface area contributed by atoms with Gasteiger partial charge >= 0.3 is 5.97 Å². The van der Waals surface area contributed by atoms with Crippen molar-refractivity contribution in [3.8, 4) is 28.6 Å². The summed E-state index contributed by atoms with van der Waals surface area (Å²) < 4.78 is 23.6. The van der Waals surface area contributed by atoms with Crippen molar-refractivity contribution >= 4 is 11.9 Å². The minimum Gasteiger partial charge on any atom is -0.497 e. The second-order valence-corrected chi connectivity index (χ2v) is 7.30. The highest BCUT2D eigenvalue weighted by Gasteiger charge is 2.37. The first-order valence-corrected chi connectivity index (χ1v) is 10.5. The van der Waals surface area contributed by atoms with Crippen LogP contribution in [0.4, 0.5) is 5.95 Å². The molecule has 1 atom stereocenters. The number of methoxy groups -OCH3 is 3. The van der Waals surface area contributed by atoms with Gasteiger partial charge in [0, 0.05) is 11.3 Å². The summed E-state index contributed by atoms with van der Waals surface area (Å²) in [6, 6.07) is 12.3. The summed E-state index contributed by atoms with van der Waals surface area (Å²) in [5, 5.41) is 7.97. The molecule has 1 N–H and O–H groups in total. The molecule has 1 aromatic heterocycles. The molecule has 0 amide bonds. The van der Waals surface area contributed by atoms with Crippen LogP contribution in [0, 0.1) is 0 Å². The molecular formula is C24H26N4O5. The Labute approximate surface area is 191 Å².